The Morgan fingerprint density at radius 2 is 2.11 bits per heavy atom. The van der Waals surface area contributed by atoms with Gasteiger partial charge in [-0.1, -0.05) is 6.07 Å². The molecule has 1 heterocycles. The minimum atomic E-state index is -0.743. The van der Waals surface area contributed by atoms with Crippen LogP contribution in [-0.4, -0.2) is 19.4 Å². The Balaban J connectivity index is 2.39. The van der Waals surface area contributed by atoms with Gasteiger partial charge in [0.1, 0.15) is 11.6 Å². The molecule has 1 aromatic carbocycles. The molecule has 1 aromatic heterocycles. The maximum Gasteiger partial charge on any atom is 0.340 e. The third-order valence-corrected chi connectivity index (χ3v) is 2.40. The Morgan fingerprint density at radius 1 is 1.33 bits per heavy atom. The smallest absolute Gasteiger partial charge is 0.340 e. The average molecular weight is 248 g/mol. The molecule has 0 saturated carbocycles. The first-order valence-electron chi connectivity index (χ1n) is 5.09. The molecule has 0 unspecified atom stereocenters. The Labute approximate surface area is 102 Å². The summed E-state index contributed by atoms with van der Waals surface area (Å²) in [4.78, 5) is 21.7. The van der Waals surface area contributed by atoms with E-state index in [1.807, 2.05) is 0 Å². The van der Waals surface area contributed by atoms with Gasteiger partial charge in [-0.25, -0.2) is 9.18 Å². The number of benzene rings is 1. The second-order valence-corrected chi connectivity index (χ2v) is 3.51. The van der Waals surface area contributed by atoms with Gasteiger partial charge < -0.3 is 9.15 Å². The third kappa shape index (κ3) is 2.15. The summed E-state index contributed by atoms with van der Waals surface area (Å²) in [5.41, 5.74) is 0.289. The van der Waals surface area contributed by atoms with Crippen LogP contribution in [0.2, 0.25) is 0 Å². The zero-order valence-corrected chi connectivity index (χ0v) is 9.48. The molecular formula is C13H9FO4. The molecule has 0 N–H and O–H groups in total. The second kappa shape index (κ2) is 4.83. The van der Waals surface area contributed by atoms with Crippen molar-refractivity contribution in [2.24, 2.45) is 0 Å². The standard InChI is InChI=1S/C13H9FO4/c1-17-13(16)10-4-2-8(6-11(10)14)12-5-3-9(7-15)18-12/h2-7H,1H3. The van der Waals surface area contributed by atoms with Gasteiger partial charge in [0.15, 0.2) is 12.0 Å². The molecule has 0 spiro atoms. The molecule has 0 fully saturated rings. The van der Waals surface area contributed by atoms with E-state index in [-0.39, 0.29) is 11.3 Å². The van der Waals surface area contributed by atoms with E-state index < -0.39 is 11.8 Å². The SMILES string of the molecule is COC(=O)c1ccc(-c2ccc(C=O)o2)cc1F. The molecule has 0 aliphatic rings. The molecule has 0 amide bonds. The van der Waals surface area contributed by atoms with Crippen molar-refractivity contribution in [3.8, 4) is 11.3 Å². The predicted molar refractivity (Wildman–Crippen MR) is 60.8 cm³/mol. The van der Waals surface area contributed by atoms with Gasteiger partial charge >= 0.3 is 5.97 Å². The number of aldehydes is 1. The van der Waals surface area contributed by atoms with Crippen LogP contribution in [0.4, 0.5) is 4.39 Å². The van der Waals surface area contributed by atoms with Crippen LogP contribution in [0.3, 0.4) is 0 Å². The fraction of sp³-hybridized carbons (Fsp3) is 0.0769. The Morgan fingerprint density at radius 3 is 2.67 bits per heavy atom. The van der Waals surface area contributed by atoms with Crippen molar-refractivity contribution in [1.29, 1.82) is 0 Å². The summed E-state index contributed by atoms with van der Waals surface area (Å²) in [7, 11) is 1.18. The van der Waals surface area contributed by atoms with Gasteiger partial charge in [-0.3, -0.25) is 4.79 Å². The van der Waals surface area contributed by atoms with Crippen LogP contribution in [0.1, 0.15) is 20.9 Å². The van der Waals surface area contributed by atoms with Crippen LogP contribution in [0.15, 0.2) is 34.7 Å². The van der Waals surface area contributed by atoms with Crippen LogP contribution in [0.5, 0.6) is 0 Å². The third-order valence-electron chi connectivity index (χ3n) is 2.40. The summed E-state index contributed by atoms with van der Waals surface area (Å²) in [5.74, 6) is -0.939. The lowest BCUT2D eigenvalue weighted by molar-refractivity contribution is 0.0595. The molecule has 0 radical (unpaired) electrons. The zero-order valence-electron chi connectivity index (χ0n) is 9.48. The number of furan rings is 1. The van der Waals surface area contributed by atoms with E-state index in [1.165, 1.54) is 25.3 Å². The molecule has 92 valence electrons. The van der Waals surface area contributed by atoms with Crippen LogP contribution >= 0.6 is 0 Å². The molecular weight excluding hydrogens is 239 g/mol. The molecule has 0 atom stereocenters. The highest BCUT2D eigenvalue weighted by atomic mass is 19.1. The van der Waals surface area contributed by atoms with E-state index in [9.17, 15) is 14.0 Å². The minimum Gasteiger partial charge on any atom is -0.465 e. The van der Waals surface area contributed by atoms with Crippen molar-refractivity contribution in [1.82, 2.24) is 0 Å². The van der Waals surface area contributed by atoms with E-state index in [4.69, 9.17) is 4.42 Å². The number of esters is 1. The number of halogens is 1. The van der Waals surface area contributed by atoms with Crippen LogP contribution in [-0.2, 0) is 4.74 Å². The van der Waals surface area contributed by atoms with Crippen molar-refractivity contribution in [2.75, 3.05) is 7.11 Å². The van der Waals surface area contributed by atoms with Crippen molar-refractivity contribution in [2.45, 2.75) is 0 Å². The summed E-state index contributed by atoms with van der Waals surface area (Å²) >= 11 is 0. The quantitative estimate of drug-likeness (QED) is 0.619. The highest BCUT2D eigenvalue weighted by Crippen LogP contribution is 2.24. The normalized spacial score (nSPS) is 10.1. The lowest BCUT2D eigenvalue weighted by atomic mass is 10.1. The lowest BCUT2D eigenvalue weighted by Crippen LogP contribution is -2.04. The molecule has 0 aliphatic carbocycles. The molecule has 2 aromatic rings. The zero-order chi connectivity index (χ0) is 13.1. The molecule has 0 aliphatic heterocycles. The van der Waals surface area contributed by atoms with Crippen LogP contribution in [0, 0.1) is 5.82 Å². The summed E-state index contributed by atoms with van der Waals surface area (Å²) in [6.07, 6.45) is 0.558. The first-order valence-corrected chi connectivity index (χ1v) is 5.09. The lowest BCUT2D eigenvalue weighted by Gasteiger charge is -2.02. The highest BCUT2D eigenvalue weighted by molar-refractivity contribution is 5.90. The number of carbonyl (C=O) groups excluding carboxylic acids is 2. The number of hydrogen-bond acceptors (Lipinski definition) is 4. The van der Waals surface area contributed by atoms with Crippen molar-refractivity contribution in [3.05, 3.63) is 47.5 Å². The molecule has 2 rings (SSSR count). The Hall–Kier alpha value is -2.43. The maximum absolute atomic E-state index is 13.6. The molecule has 0 bridgehead atoms. The van der Waals surface area contributed by atoms with E-state index in [0.717, 1.165) is 6.07 Å². The van der Waals surface area contributed by atoms with E-state index in [0.29, 0.717) is 17.6 Å². The van der Waals surface area contributed by atoms with Gasteiger partial charge in [0.25, 0.3) is 0 Å². The molecule has 18 heavy (non-hydrogen) atoms. The van der Waals surface area contributed by atoms with Crippen LogP contribution in [0.25, 0.3) is 11.3 Å². The number of rotatable bonds is 3. The summed E-state index contributed by atoms with van der Waals surface area (Å²) in [6.45, 7) is 0. The number of hydrogen-bond donors (Lipinski definition) is 0. The Bertz CT molecular complexity index is 601. The molecule has 4 nitrogen and oxygen atoms in total. The number of methoxy groups -OCH3 is 1. The van der Waals surface area contributed by atoms with E-state index in [1.54, 1.807) is 6.07 Å². The van der Waals surface area contributed by atoms with Gasteiger partial charge in [0.2, 0.25) is 0 Å². The summed E-state index contributed by atoms with van der Waals surface area (Å²) in [6, 6.07) is 7.01. The van der Waals surface area contributed by atoms with Gasteiger partial charge in [-0.2, -0.15) is 0 Å². The maximum atomic E-state index is 13.6. The fourth-order valence-electron chi connectivity index (χ4n) is 1.52. The van der Waals surface area contributed by atoms with Crippen molar-refractivity contribution >= 4 is 12.3 Å². The first-order chi connectivity index (χ1) is 8.65. The second-order valence-electron chi connectivity index (χ2n) is 3.51. The van der Waals surface area contributed by atoms with Gasteiger partial charge in [-0.05, 0) is 24.3 Å². The molecule has 5 heteroatoms. The van der Waals surface area contributed by atoms with Gasteiger partial charge in [0.05, 0.1) is 12.7 Å². The van der Waals surface area contributed by atoms with Crippen molar-refractivity contribution in [3.63, 3.8) is 0 Å². The molecule has 0 saturated heterocycles. The number of carbonyl (C=O) groups is 2. The average Bonchev–Trinajstić information content (AvgIpc) is 2.86. The largest absolute Gasteiger partial charge is 0.465 e. The highest BCUT2D eigenvalue weighted by Gasteiger charge is 2.14. The number of ether oxygens (including phenoxy) is 1. The van der Waals surface area contributed by atoms with Crippen molar-refractivity contribution < 1.29 is 23.1 Å². The van der Waals surface area contributed by atoms with Gasteiger partial charge in [-0.15, -0.1) is 0 Å². The van der Waals surface area contributed by atoms with E-state index in [2.05, 4.69) is 4.74 Å². The topological polar surface area (TPSA) is 56.5 Å². The summed E-state index contributed by atoms with van der Waals surface area (Å²) < 4.78 is 23.2. The minimum absolute atomic E-state index is 0.150. The first kappa shape index (κ1) is 12.0. The van der Waals surface area contributed by atoms with Gasteiger partial charge in [0, 0.05) is 5.56 Å². The monoisotopic (exact) mass is 248 g/mol. The van der Waals surface area contributed by atoms with Crippen LogP contribution < -0.4 is 0 Å². The van der Waals surface area contributed by atoms with E-state index >= 15 is 0 Å². The Kier molecular flexibility index (Phi) is 3.23. The fourth-order valence-corrected chi connectivity index (χ4v) is 1.52. The predicted octanol–water partition coefficient (Wildman–Crippen LogP) is 2.68. The summed E-state index contributed by atoms with van der Waals surface area (Å²) in [5, 5.41) is 0.